The fraction of sp³-hybridized carbons (Fsp3) is 0.933. The number of hydrogen-bond donors (Lipinski definition) is 1. The highest BCUT2D eigenvalue weighted by atomic mass is 32.2. The van der Waals surface area contributed by atoms with E-state index in [9.17, 15) is 13.2 Å². The van der Waals surface area contributed by atoms with Crippen LogP contribution in [0.15, 0.2) is 0 Å². The number of carbonyl (C=O) groups excluding carboxylic acids is 1. The van der Waals surface area contributed by atoms with Gasteiger partial charge in [0.15, 0.2) is 0 Å². The molecule has 2 bridgehead atoms. The summed E-state index contributed by atoms with van der Waals surface area (Å²) in [5, 5.41) is 5.18. The second kappa shape index (κ2) is 5.88. The van der Waals surface area contributed by atoms with Crippen LogP contribution in [-0.2, 0) is 14.8 Å². The Bertz CT molecular complexity index is 505. The molecule has 3 aliphatic rings. The van der Waals surface area contributed by atoms with E-state index in [4.69, 9.17) is 5.14 Å². The van der Waals surface area contributed by atoms with Gasteiger partial charge in [0.2, 0.25) is 15.9 Å². The Balaban J connectivity index is 1.61. The molecule has 3 rings (SSSR count). The van der Waals surface area contributed by atoms with E-state index in [1.807, 2.05) is 0 Å². The van der Waals surface area contributed by atoms with Crippen LogP contribution in [0.5, 0.6) is 0 Å². The molecule has 0 aromatic heterocycles. The lowest BCUT2D eigenvalue weighted by Gasteiger charge is -2.36. The van der Waals surface area contributed by atoms with Crippen molar-refractivity contribution in [1.82, 2.24) is 4.90 Å². The maximum absolute atomic E-state index is 12.6. The van der Waals surface area contributed by atoms with Gasteiger partial charge in [-0.3, -0.25) is 4.79 Å². The number of amides is 1. The number of carbonyl (C=O) groups is 1. The molecular formula is C15H26N2O3S. The summed E-state index contributed by atoms with van der Waals surface area (Å²) in [6.45, 7) is 0.694. The molecule has 21 heavy (non-hydrogen) atoms. The van der Waals surface area contributed by atoms with E-state index in [0.717, 1.165) is 31.1 Å². The third kappa shape index (κ3) is 3.59. The Morgan fingerprint density at radius 1 is 1.14 bits per heavy atom. The topological polar surface area (TPSA) is 80.5 Å². The average molecular weight is 314 g/mol. The Morgan fingerprint density at radius 3 is 2.57 bits per heavy atom. The molecular weight excluding hydrogens is 288 g/mol. The number of primary sulfonamides is 1. The van der Waals surface area contributed by atoms with E-state index in [1.54, 1.807) is 4.90 Å². The van der Waals surface area contributed by atoms with Crippen molar-refractivity contribution >= 4 is 15.9 Å². The van der Waals surface area contributed by atoms with Gasteiger partial charge in [-0.1, -0.05) is 6.42 Å². The molecule has 0 spiro atoms. The zero-order valence-corrected chi connectivity index (χ0v) is 13.4. The van der Waals surface area contributed by atoms with Gasteiger partial charge in [0, 0.05) is 19.0 Å². The lowest BCUT2D eigenvalue weighted by molar-refractivity contribution is -0.135. The predicted molar refractivity (Wildman–Crippen MR) is 80.9 cm³/mol. The highest BCUT2D eigenvalue weighted by molar-refractivity contribution is 7.89. The lowest BCUT2D eigenvalue weighted by Crippen LogP contribution is -2.48. The van der Waals surface area contributed by atoms with Gasteiger partial charge in [-0.2, -0.15) is 0 Å². The van der Waals surface area contributed by atoms with Crippen LogP contribution < -0.4 is 5.14 Å². The molecule has 1 heterocycles. The Labute approximate surface area is 127 Å². The molecule has 1 aliphatic heterocycles. The smallest absolute Gasteiger partial charge is 0.223 e. The van der Waals surface area contributed by atoms with Gasteiger partial charge in [0.1, 0.15) is 0 Å². The minimum atomic E-state index is -3.52. The van der Waals surface area contributed by atoms with E-state index < -0.39 is 10.0 Å². The molecule has 0 radical (unpaired) electrons. The van der Waals surface area contributed by atoms with E-state index >= 15 is 0 Å². The first kappa shape index (κ1) is 15.3. The molecule has 5 nitrogen and oxygen atoms in total. The van der Waals surface area contributed by atoms with E-state index in [-0.39, 0.29) is 17.7 Å². The van der Waals surface area contributed by atoms with Crippen LogP contribution in [0.4, 0.5) is 0 Å². The average Bonchev–Trinajstić information content (AvgIpc) is 2.99. The molecule has 1 saturated heterocycles. The number of sulfonamides is 1. The maximum atomic E-state index is 12.6. The molecule has 1 amide bonds. The molecule has 2 N–H and O–H groups in total. The number of hydrogen-bond acceptors (Lipinski definition) is 3. The normalized spacial score (nSPS) is 36.1. The number of nitrogens with two attached hydrogens (primary N) is 1. The van der Waals surface area contributed by atoms with Crippen molar-refractivity contribution in [2.75, 3.05) is 12.3 Å². The molecule has 0 aromatic carbocycles. The first-order chi connectivity index (χ1) is 9.92. The van der Waals surface area contributed by atoms with E-state index in [2.05, 4.69) is 0 Å². The molecule has 0 aromatic rings. The van der Waals surface area contributed by atoms with Gasteiger partial charge in [-0.15, -0.1) is 0 Å². The predicted octanol–water partition coefficient (Wildman–Crippen LogP) is 1.48. The van der Waals surface area contributed by atoms with Crippen LogP contribution in [-0.4, -0.2) is 37.6 Å². The zero-order chi connectivity index (χ0) is 15.0. The van der Waals surface area contributed by atoms with Crippen LogP contribution in [0, 0.1) is 17.8 Å². The summed E-state index contributed by atoms with van der Waals surface area (Å²) >= 11 is 0. The first-order valence-corrected chi connectivity index (χ1v) is 9.94. The van der Waals surface area contributed by atoms with E-state index in [0.29, 0.717) is 18.9 Å². The number of rotatable bonds is 4. The summed E-state index contributed by atoms with van der Waals surface area (Å²) in [7, 11) is -3.52. The zero-order valence-electron chi connectivity index (χ0n) is 12.5. The number of fused-ring (bicyclic) bond motifs is 2. The van der Waals surface area contributed by atoms with Crippen molar-refractivity contribution in [1.29, 1.82) is 0 Å². The molecule has 2 saturated carbocycles. The summed E-state index contributed by atoms with van der Waals surface area (Å²) in [5.41, 5.74) is 0. The van der Waals surface area contributed by atoms with Gasteiger partial charge in [-0.05, 0) is 56.3 Å². The summed E-state index contributed by atoms with van der Waals surface area (Å²) in [6, 6.07) is -0.208. The third-order valence-corrected chi connectivity index (χ3v) is 6.54. The van der Waals surface area contributed by atoms with Crippen molar-refractivity contribution in [3.05, 3.63) is 0 Å². The van der Waals surface area contributed by atoms with Crippen LogP contribution in [0.25, 0.3) is 0 Å². The van der Waals surface area contributed by atoms with Gasteiger partial charge < -0.3 is 4.90 Å². The van der Waals surface area contributed by atoms with Crippen molar-refractivity contribution in [2.45, 2.75) is 57.4 Å². The number of nitrogens with zero attached hydrogens (tertiary/aromatic N) is 1. The molecule has 120 valence electrons. The van der Waals surface area contributed by atoms with Crippen LogP contribution in [0.2, 0.25) is 0 Å². The molecule has 4 atom stereocenters. The highest BCUT2D eigenvalue weighted by Crippen LogP contribution is 2.49. The Morgan fingerprint density at radius 2 is 1.95 bits per heavy atom. The largest absolute Gasteiger partial charge is 0.339 e. The second-order valence-electron chi connectivity index (χ2n) is 7.21. The molecule has 6 heteroatoms. The van der Waals surface area contributed by atoms with Gasteiger partial charge in [0.25, 0.3) is 0 Å². The minimum absolute atomic E-state index is 0.0878. The van der Waals surface area contributed by atoms with Crippen molar-refractivity contribution in [3.63, 3.8) is 0 Å². The van der Waals surface area contributed by atoms with Crippen LogP contribution >= 0.6 is 0 Å². The maximum Gasteiger partial charge on any atom is 0.223 e. The quantitative estimate of drug-likeness (QED) is 0.853. The first-order valence-electron chi connectivity index (χ1n) is 8.22. The lowest BCUT2D eigenvalue weighted by atomic mass is 9.86. The van der Waals surface area contributed by atoms with Crippen molar-refractivity contribution < 1.29 is 13.2 Å². The standard InChI is InChI=1S/C15H26N2O3S/c16-21(19,20)10-14-3-1-2-6-17(14)15(18)9-13-8-11-4-5-12(13)7-11/h11-14H,1-10H2,(H2,16,19,20). The Hall–Kier alpha value is -0.620. The summed E-state index contributed by atoms with van der Waals surface area (Å²) in [4.78, 5) is 14.4. The minimum Gasteiger partial charge on any atom is -0.339 e. The van der Waals surface area contributed by atoms with Crippen molar-refractivity contribution in [2.24, 2.45) is 22.9 Å². The monoisotopic (exact) mass is 314 g/mol. The fourth-order valence-corrected chi connectivity index (χ4v) is 5.62. The van der Waals surface area contributed by atoms with Crippen LogP contribution in [0.3, 0.4) is 0 Å². The van der Waals surface area contributed by atoms with Gasteiger partial charge >= 0.3 is 0 Å². The molecule has 3 fully saturated rings. The van der Waals surface area contributed by atoms with E-state index in [1.165, 1.54) is 25.7 Å². The number of piperidine rings is 1. The summed E-state index contributed by atoms with van der Waals surface area (Å²) < 4.78 is 22.7. The molecule has 4 unspecified atom stereocenters. The molecule has 2 aliphatic carbocycles. The second-order valence-corrected chi connectivity index (χ2v) is 8.86. The van der Waals surface area contributed by atoms with Gasteiger partial charge in [-0.25, -0.2) is 13.6 Å². The highest BCUT2D eigenvalue weighted by Gasteiger charge is 2.41. The van der Waals surface area contributed by atoms with Crippen LogP contribution in [0.1, 0.15) is 51.4 Å². The third-order valence-electron chi connectivity index (χ3n) is 5.69. The van der Waals surface area contributed by atoms with Gasteiger partial charge in [0.05, 0.1) is 5.75 Å². The summed E-state index contributed by atoms with van der Waals surface area (Å²) in [5.74, 6) is 2.18. The number of likely N-dealkylation sites (tertiary alicyclic amines) is 1. The Kier molecular flexibility index (Phi) is 4.28. The summed E-state index contributed by atoms with van der Waals surface area (Å²) in [6.07, 6.45) is 8.46. The van der Waals surface area contributed by atoms with Crippen molar-refractivity contribution in [3.8, 4) is 0 Å². The fourth-order valence-electron chi connectivity index (χ4n) is 4.74. The SMILES string of the molecule is NS(=O)(=O)CC1CCCCN1C(=O)CC1CC2CCC1C2.